The quantitative estimate of drug-likeness (QED) is 0.484. The molecular formula is C23H28BrFN4O2. The van der Waals surface area contributed by atoms with Gasteiger partial charge in [0.15, 0.2) is 11.5 Å². The molecule has 0 radical (unpaired) electrons. The fourth-order valence-corrected chi connectivity index (χ4v) is 4.32. The lowest BCUT2D eigenvalue weighted by atomic mass is 10.1. The van der Waals surface area contributed by atoms with Crippen molar-refractivity contribution in [3.8, 4) is 11.5 Å². The zero-order chi connectivity index (χ0) is 21.6. The maximum Gasteiger partial charge on any atom is 0.163 e. The first-order chi connectivity index (χ1) is 15.1. The van der Waals surface area contributed by atoms with Crippen molar-refractivity contribution in [2.24, 2.45) is 4.99 Å². The number of likely N-dealkylation sites (tertiary alicyclic amines) is 1. The smallest absolute Gasteiger partial charge is 0.163 e. The van der Waals surface area contributed by atoms with Gasteiger partial charge in [0.1, 0.15) is 12.0 Å². The number of halogens is 2. The molecule has 0 aromatic heterocycles. The highest BCUT2D eigenvalue weighted by Gasteiger charge is 2.22. The van der Waals surface area contributed by atoms with E-state index in [1.165, 1.54) is 38.4 Å². The molecule has 2 aromatic carbocycles. The minimum absolute atomic E-state index is 0.342. The SMILES string of the molecule is COc1cc2c(cc1OCCCN1CCCCC1)NC=NC2Nc1ccc(Br)cc1F. The third kappa shape index (κ3) is 5.49. The molecule has 1 unspecified atom stereocenters. The van der Waals surface area contributed by atoms with Gasteiger partial charge < -0.3 is 25.0 Å². The average Bonchev–Trinajstić information content (AvgIpc) is 2.79. The van der Waals surface area contributed by atoms with Gasteiger partial charge in [0.25, 0.3) is 0 Å². The molecule has 1 saturated heterocycles. The molecule has 2 aliphatic rings. The monoisotopic (exact) mass is 490 g/mol. The summed E-state index contributed by atoms with van der Waals surface area (Å²) in [5, 5.41) is 6.32. The van der Waals surface area contributed by atoms with Crippen LogP contribution in [-0.4, -0.2) is 44.6 Å². The number of nitrogens with one attached hydrogen (secondary N) is 2. The van der Waals surface area contributed by atoms with Crippen LogP contribution in [0.4, 0.5) is 15.8 Å². The molecule has 1 atom stereocenters. The number of aliphatic imine (C=N–C) groups is 1. The fourth-order valence-electron chi connectivity index (χ4n) is 3.98. The first kappa shape index (κ1) is 21.9. The van der Waals surface area contributed by atoms with Crippen LogP contribution in [0.5, 0.6) is 11.5 Å². The predicted octanol–water partition coefficient (Wildman–Crippen LogP) is 5.42. The summed E-state index contributed by atoms with van der Waals surface area (Å²) in [6.45, 7) is 4.08. The molecule has 0 amide bonds. The van der Waals surface area contributed by atoms with Crippen LogP contribution >= 0.6 is 15.9 Å². The molecule has 0 bridgehead atoms. The molecule has 2 N–H and O–H groups in total. The molecule has 0 spiro atoms. The summed E-state index contributed by atoms with van der Waals surface area (Å²) in [5.74, 6) is 0.986. The molecule has 2 aliphatic heterocycles. The van der Waals surface area contributed by atoms with Gasteiger partial charge in [0.2, 0.25) is 0 Å². The van der Waals surface area contributed by atoms with Crippen molar-refractivity contribution in [2.45, 2.75) is 31.8 Å². The second-order valence-electron chi connectivity index (χ2n) is 7.79. The van der Waals surface area contributed by atoms with Crippen LogP contribution in [0.1, 0.15) is 37.4 Å². The minimum atomic E-state index is -0.436. The normalized spacial score (nSPS) is 18.2. The van der Waals surface area contributed by atoms with Gasteiger partial charge in [-0.05, 0) is 56.6 Å². The minimum Gasteiger partial charge on any atom is -0.493 e. The summed E-state index contributed by atoms with van der Waals surface area (Å²) in [6.07, 6.45) is 6.10. The van der Waals surface area contributed by atoms with Crippen molar-refractivity contribution in [3.05, 3.63) is 46.2 Å². The Bertz CT molecular complexity index is 934. The third-order valence-corrected chi connectivity index (χ3v) is 6.12. The number of anilines is 2. The Morgan fingerprint density at radius 2 is 2.03 bits per heavy atom. The van der Waals surface area contributed by atoms with E-state index < -0.39 is 6.17 Å². The van der Waals surface area contributed by atoms with E-state index in [0.717, 1.165) is 24.2 Å². The molecule has 166 valence electrons. The summed E-state index contributed by atoms with van der Waals surface area (Å²) in [7, 11) is 1.62. The molecule has 2 aromatic rings. The molecule has 1 fully saturated rings. The second kappa shape index (κ2) is 10.3. The van der Waals surface area contributed by atoms with Crippen molar-refractivity contribution in [1.82, 2.24) is 4.90 Å². The zero-order valence-electron chi connectivity index (χ0n) is 17.7. The van der Waals surface area contributed by atoms with Gasteiger partial charge >= 0.3 is 0 Å². The van der Waals surface area contributed by atoms with E-state index in [2.05, 4.69) is 36.5 Å². The Kier molecular flexibility index (Phi) is 7.29. The van der Waals surface area contributed by atoms with E-state index in [1.807, 2.05) is 12.1 Å². The number of rotatable bonds is 8. The van der Waals surface area contributed by atoms with Gasteiger partial charge in [-0.1, -0.05) is 22.4 Å². The number of piperidine rings is 1. The number of nitrogens with zero attached hydrogens (tertiary/aromatic N) is 2. The van der Waals surface area contributed by atoms with E-state index >= 15 is 0 Å². The van der Waals surface area contributed by atoms with Gasteiger partial charge in [0, 0.05) is 22.6 Å². The number of hydrogen-bond donors (Lipinski definition) is 2. The Labute approximate surface area is 191 Å². The fraction of sp³-hybridized carbons (Fsp3) is 0.435. The number of fused-ring (bicyclic) bond motifs is 1. The van der Waals surface area contributed by atoms with Gasteiger partial charge in [-0.3, -0.25) is 0 Å². The lowest BCUT2D eigenvalue weighted by Crippen LogP contribution is -2.31. The first-order valence-electron chi connectivity index (χ1n) is 10.7. The number of methoxy groups -OCH3 is 1. The van der Waals surface area contributed by atoms with Crippen LogP contribution in [0.3, 0.4) is 0 Å². The van der Waals surface area contributed by atoms with Crippen molar-refractivity contribution in [3.63, 3.8) is 0 Å². The van der Waals surface area contributed by atoms with Crippen LogP contribution in [0.25, 0.3) is 0 Å². The Morgan fingerprint density at radius 1 is 1.19 bits per heavy atom. The van der Waals surface area contributed by atoms with E-state index in [0.29, 0.717) is 28.3 Å². The van der Waals surface area contributed by atoms with Crippen molar-refractivity contribution < 1.29 is 13.9 Å². The number of hydrogen-bond acceptors (Lipinski definition) is 6. The standard InChI is InChI=1S/C23H28BrFN4O2/c1-30-21-13-17-20(14-22(21)31-11-5-10-29-8-3-2-4-9-29)26-15-27-23(17)28-19-7-6-16(24)12-18(19)25/h6-7,12-15,23,28H,2-5,8-11H2,1H3,(H,26,27). The Morgan fingerprint density at radius 3 is 2.81 bits per heavy atom. The summed E-state index contributed by atoms with van der Waals surface area (Å²) >= 11 is 3.28. The lowest BCUT2D eigenvalue weighted by molar-refractivity contribution is 0.203. The lowest BCUT2D eigenvalue weighted by Gasteiger charge is -2.26. The topological polar surface area (TPSA) is 58.1 Å². The maximum atomic E-state index is 14.3. The van der Waals surface area contributed by atoms with E-state index in [-0.39, 0.29) is 5.82 Å². The van der Waals surface area contributed by atoms with Crippen molar-refractivity contribution in [2.75, 3.05) is 44.0 Å². The summed E-state index contributed by atoms with van der Waals surface area (Å²) in [6, 6.07) is 8.72. The molecule has 8 heteroatoms. The third-order valence-electron chi connectivity index (χ3n) is 5.62. The highest BCUT2D eigenvalue weighted by molar-refractivity contribution is 9.10. The van der Waals surface area contributed by atoms with E-state index in [4.69, 9.17) is 9.47 Å². The van der Waals surface area contributed by atoms with Crippen LogP contribution in [0.2, 0.25) is 0 Å². The Balaban J connectivity index is 1.43. The highest BCUT2D eigenvalue weighted by Crippen LogP contribution is 2.39. The van der Waals surface area contributed by atoms with Gasteiger partial charge in [-0.15, -0.1) is 0 Å². The van der Waals surface area contributed by atoms with Gasteiger partial charge in [-0.2, -0.15) is 0 Å². The summed E-state index contributed by atoms with van der Waals surface area (Å²) < 4.78 is 26.6. The number of ether oxygens (including phenoxy) is 2. The largest absolute Gasteiger partial charge is 0.493 e. The highest BCUT2D eigenvalue weighted by atomic mass is 79.9. The second-order valence-corrected chi connectivity index (χ2v) is 8.70. The molecule has 6 nitrogen and oxygen atoms in total. The van der Waals surface area contributed by atoms with E-state index in [1.54, 1.807) is 25.6 Å². The zero-order valence-corrected chi connectivity index (χ0v) is 19.3. The molecular weight excluding hydrogens is 463 g/mol. The molecule has 0 saturated carbocycles. The molecule has 4 rings (SSSR count). The van der Waals surface area contributed by atoms with Crippen LogP contribution in [0.15, 0.2) is 39.8 Å². The summed E-state index contributed by atoms with van der Waals surface area (Å²) in [5.41, 5.74) is 2.11. The van der Waals surface area contributed by atoms with Crippen LogP contribution in [0, 0.1) is 5.82 Å². The molecule has 0 aliphatic carbocycles. The first-order valence-corrected chi connectivity index (χ1v) is 11.5. The van der Waals surface area contributed by atoms with Crippen molar-refractivity contribution >= 4 is 33.6 Å². The maximum absolute atomic E-state index is 14.3. The average molecular weight is 491 g/mol. The molecule has 2 heterocycles. The summed E-state index contributed by atoms with van der Waals surface area (Å²) in [4.78, 5) is 6.94. The van der Waals surface area contributed by atoms with Crippen LogP contribution < -0.4 is 20.1 Å². The van der Waals surface area contributed by atoms with E-state index in [9.17, 15) is 4.39 Å². The molecule has 31 heavy (non-hydrogen) atoms. The van der Waals surface area contributed by atoms with Crippen molar-refractivity contribution in [1.29, 1.82) is 0 Å². The number of benzene rings is 2. The van der Waals surface area contributed by atoms with Gasteiger partial charge in [-0.25, -0.2) is 9.38 Å². The Hall–Kier alpha value is -2.32. The predicted molar refractivity (Wildman–Crippen MR) is 126 cm³/mol. The van der Waals surface area contributed by atoms with Crippen LogP contribution in [-0.2, 0) is 0 Å². The van der Waals surface area contributed by atoms with Gasteiger partial charge in [0.05, 0.1) is 31.4 Å².